The lowest BCUT2D eigenvalue weighted by molar-refractivity contribution is -0.123. The van der Waals surface area contributed by atoms with Gasteiger partial charge < -0.3 is 15.0 Å². The first-order chi connectivity index (χ1) is 13.0. The van der Waals surface area contributed by atoms with E-state index in [0.717, 1.165) is 16.6 Å². The number of benzene rings is 2. The topological polar surface area (TPSA) is 71.5 Å². The average Bonchev–Trinajstić information content (AvgIpc) is 2.66. The van der Waals surface area contributed by atoms with E-state index in [2.05, 4.69) is 10.3 Å². The summed E-state index contributed by atoms with van der Waals surface area (Å²) in [5.74, 6) is 0.0927. The summed E-state index contributed by atoms with van der Waals surface area (Å²) in [4.78, 5) is 31.0. The maximum Gasteiger partial charge on any atom is 0.267 e. The smallest absolute Gasteiger partial charge is 0.267 e. The molecule has 0 saturated carbocycles. The number of carbonyl (C=O) groups excluding carboxylic acids is 2. The van der Waals surface area contributed by atoms with E-state index < -0.39 is 6.10 Å². The van der Waals surface area contributed by atoms with Gasteiger partial charge in [0.1, 0.15) is 5.75 Å². The summed E-state index contributed by atoms with van der Waals surface area (Å²) in [6.45, 7) is 3.53. The van der Waals surface area contributed by atoms with E-state index in [9.17, 15) is 9.59 Å². The molecule has 1 atom stereocenters. The van der Waals surface area contributed by atoms with Crippen LogP contribution in [0.25, 0.3) is 10.9 Å². The maximum absolute atomic E-state index is 12.9. The monoisotopic (exact) mass is 361 g/mol. The first-order valence-electron chi connectivity index (χ1n) is 8.74. The largest absolute Gasteiger partial charge is 0.476 e. The van der Waals surface area contributed by atoms with Crippen LogP contribution in [0, 0.1) is 6.92 Å². The predicted octanol–water partition coefficient (Wildman–Crippen LogP) is 3.30. The number of rotatable bonds is 2. The molecule has 1 aliphatic rings. The van der Waals surface area contributed by atoms with Crippen molar-refractivity contribution in [2.75, 3.05) is 16.8 Å². The summed E-state index contributed by atoms with van der Waals surface area (Å²) in [5, 5.41) is 3.80. The Morgan fingerprint density at radius 1 is 1.15 bits per heavy atom. The lowest BCUT2D eigenvalue weighted by atomic mass is 10.1. The minimum atomic E-state index is -0.795. The Morgan fingerprint density at radius 2 is 1.89 bits per heavy atom. The van der Waals surface area contributed by atoms with Gasteiger partial charge in [-0.1, -0.05) is 30.3 Å². The van der Waals surface area contributed by atoms with Crippen LogP contribution in [0.5, 0.6) is 5.75 Å². The van der Waals surface area contributed by atoms with Crippen molar-refractivity contribution < 1.29 is 14.3 Å². The molecule has 0 aliphatic carbocycles. The molecule has 2 heterocycles. The van der Waals surface area contributed by atoms with Gasteiger partial charge in [-0.15, -0.1) is 0 Å². The number of hydrogen-bond acceptors (Lipinski definition) is 4. The molecule has 6 heteroatoms. The van der Waals surface area contributed by atoms with Crippen molar-refractivity contribution in [2.45, 2.75) is 20.0 Å². The number of carbonyl (C=O) groups is 2. The van der Waals surface area contributed by atoms with Crippen molar-refractivity contribution in [3.63, 3.8) is 0 Å². The second-order valence-corrected chi connectivity index (χ2v) is 6.52. The second-order valence-electron chi connectivity index (χ2n) is 6.52. The molecule has 6 nitrogen and oxygen atoms in total. The molecule has 1 aromatic heterocycles. The summed E-state index contributed by atoms with van der Waals surface area (Å²) in [7, 11) is 0. The molecule has 3 aromatic rings. The van der Waals surface area contributed by atoms with Crippen LogP contribution in [0.15, 0.2) is 54.6 Å². The van der Waals surface area contributed by atoms with Gasteiger partial charge >= 0.3 is 0 Å². The summed E-state index contributed by atoms with van der Waals surface area (Å²) in [6, 6.07) is 16.7. The zero-order valence-electron chi connectivity index (χ0n) is 15.1. The van der Waals surface area contributed by atoms with Gasteiger partial charge in [-0.05, 0) is 31.2 Å². The van der Waals surface area contributed by atoms with Gasteiger partial charge in [0.15, 0.2) is 6.10 Å². The number of fused-ring (bicyclic) bond motifs is 2. The number of anilines is 2. The second kappa shape index (κ2) is 6.72. The first-order valence-corrected chi connectivity index (χ1v) is 8.74. The van der Waals surface area contributed by atoms with Crippen LogP contribution in [-0.4, -0.2) is 29.4 Å². The van der Waals surface area contributed by atoms with Gasteiger partial charge in [-0.2, -0.15) is 0 Å². The van der Waals surface area contributed by atoms with Crippen LogP contribution in [-0.2, 0) is 9.59 Å². The zero-order chi connectivity index (χ0) is 19.0. The van der Waals surface area contributed by atoms with Crippen LogP contribution in [0.4, 0.5) is 11.4 Å². The van der Waals surface area contributed by atoms with E-state index >= 15 is 0 Å². The van der Waals surface area contributed by atoms with Gasteiger partial charge in [-0.25, -0.2) is 0 Å². The molecule has 1 aliphatic heterocycles. The lowest BCUT2D eigenvalue weighted by Crippen LogP contribution is -2.48. The molecule has 0 bridgehead atoms. The number of nitrogens with zero attached hydrogens (tertiary/aromatic N) is 2. The third-order valence-corrected chi connectivity index (χ3v) is 4.55. The maximum atomic E-state index is 12.9. The van der Waals surface area contributed by atoms with Gasteiger partial charge in [0.05, 0.1) is 23.4 Å². The fourth-order valence-corrected chi connectivity index (χ4v) is 3.29. The molecule has 0 unspecified atom stereocenters. The van der Waals surface area contributed by atoms with Gasteiger partial charge in [-0.3, -0.25) is 14.6 Å². The van der Waals surface area contributed by atoms with Crippen molar-refractivity contribution >= 4 is 34.1 Å². The number of aryl methyl sites for hydroxylation is 1. The Bertz CT molecular complexity index is 1050. The Kier molecular flexibility index (Phi) is 4.24. The summed E-state index contributed by atoms with van der Waals surface area (Å²) in [6.07, 6.45) is -0.795. The SMILES string of the molecule is CC(=O)N1C[C@H](C(=O)Nc2cc(C)nc3ccccc23)Oc2ccccc21. The highest BCUT2D eigenvalue weighted by Gasteiger charge is 2.32. The number of hydrogen-bond donors (Lipinski definition) is 1. The fraction of sp³-hybridized carbons (Fsp3) is 0.190. The molecule has 0 radical (unpaired) electrons. The van der Waals surface area contributed by atoms with Gasteiger partial charge in [0.2, 0.25) is 5.91 Å². The van der Waals surface area contributed by atoms with E-state index in [0.29, 0.717) is 17.1 Å². The minimum Gasteiger partial charge on any atom is -0.476 e. The van der Waals surface area contributed by atoms with Crippen LogP contribution >= 0.6 is 0 Å². The zero-order valence-corrected chi connectivity index (χ0v) is 15.1. The minimum absolute atomic E-state index is 0.131. The molecule has 1 N–H and O–H groups in total. The highest BCUT2D eigenvalue weighted by molar-refractivity contribution is 6.04. The Morgan fingerprint density at radius 3 is 2.70 bits per heavy atom. The number of aromatic nitrogens is 1. The molecule has 0 spiro atoms. The van der Waals surface area contributed by atoms with E-state index in [-0.39, 0.29) is 18.4 Å². The van der Waals surface area contributed by atoms with Crippen molar-refractivity contribution in [3.05, 3.63) is 60.3 Å². The molecular formula is C21H19N3O3. The Hall–Kier alpha value is -3.41. The van der Waals surface area contributed by atoms with Crippen LogP contribution in [0.1, 0.15) is 12.6 Å². The van der Waals surface area contributed by atoms with E-state index in [1.54, 1.807) is 11.0 Å². The summed E-state index contributed by atoms with van der Waals surface area (Å²) >= 11 is 0. The molecule has 27 heavy (non-hydrogen) atoms. The highest BCUT2D eigenvalue weighted by atomic mass is 16.5. The highest BCUT2D eigenvalue weighted by Crippen LogP contribution is 2.33. The molecular weight excluding hydrogens is 342 g/mol. The average molecular weight is 361 g/mol. The Balaban J connectivity index is 1.64. The Labute approximate surface area is 156 Å². The van der Waals surface area contributed by atoms with Crippen LogP contribution in [0.2, 0.25) is 0 Å². The quantitative estimate of drug-likeness (QED) is 0.760. The summed E-state index contributed by atoms with van der Waals surface area (Å²) < 4.78 is 5.87. The molecule has 136 valence electrons. The molecule has 2 aromatic carbocycles. The summed E-state index contributed by atoms with van der Waals surface area (Å²) in [5.41, 5.74) is 2.98. The third kappa shape index (κ3) is 3.21. The van der Waals surface area contributed by atoms with Crippen LogP contribution < -0.4 is 15.0 Å². The molecule has 0 fully saturated rings. The molecule has 2 amide bonds. The third-order valence-electron chi connectivity index (χ3n) is 4.55. The molecule has 0 saturated heterocycles. The number of para-hydroxylation sites is 3. The van der Waals surface area contributed by atoms with E-state index in [4.69, 9.17) is 4.74 Å². The van der Waals surface area contributed by atoms with Crippen molar-refractivity contribution in [3.8, 4) is 5.75 Å². The van der Waals surface area contributed by atoms with Crippen molar-refractivity contribution in [1.82, 2.24) is 4.98 Å². The van der Waals surface area contributed by atoms with E-state index in [1.165, 1.54) is 6.92 Å². The van der Waals surface area contributed by atoms with E-state index in [1.807, 2.05) is 55.5 Å². The molecule has 4 rings (SSSR count). The van der Waals surface area contributed by atoms with Crippen molar-refractivity contribution in [1.29, 1.82) is 0 Å². The normalized spacial score (nSPS) is 15.8. The van der Waals surface area contributed by atoms with Gasteiger partial charge in [0.25, 0.3) is 5.91 Å². The number of pyridine rings is 1. The number of ether oxygens (including phenoxy) is 1. The van der Waals surface area contributed by atoms with Crippen molar-refractivity contribution in [2.24, 2.45) is 0 Å². The first kappa shape index (κ1) is 17.0. The van der Waals surface area contributed by atoms with Crippen LogP contribution in [0.3, 0.4) is 0 Å². The number of nitrogens with one attached hydrogen (secondary N) is 1. The lowest BCUT2D eigenvalue weighted by Gasteiger charge is -2.33. The van der Waals surface area contributed by atoms with Gasteiger partial charge in [0, 0.05) is 18.0 Å². The standard InChI is InChI=1S/C21H19N3O3/c1-13-11-17(15-7-3-4-8-16(15)22-13)23-21(26)20-12-24(14(2)25)18-9-5-6-10-19(18)27-20/h3-11,20H,12H2,1-2H3,(H,22,23,26)/t20-/m1/s1. The predicted molar refractivity (Wildman–Crippen MR) is 104 cm³/mol. The number of amides is 2. The fourth-order valence-electron chi connectivity index (χ4n) is 3.29.